The summed E-state index contributed by atoms with van der Waals surface area (Å²) in [6, 6.07) is 0. The Morgan fingerprint density at radius 2 is 1.07 bits per heavy atom. The minimum atomic E-state index is -0.0672. The second kappa shape index (κ2) is 21.6. The quantitative estimate of drug-likeness (QED) is 0.101. The number of unbranched alkanes of at least 4 members (excludes halogenated alkanes) is 12. The van der Waals surface area contributed by atoms with Gasteiger partial charge in [-0.15, -0.1) is 0 Å². The first kappa shape index (κ1) is 29.4. The fourth-order valence-corrected chi connectivity index (χ4v) is 4.08. The highest BCUT2D eigenvalue weighted by atomic mass is 16.6. The van der Waals surface area contributed by atoms with Crippen LogP contribution < -0.4 is 0 Å². The molecule has 0 aliphatic carbocycles. The lowest BCUT2D eigenvalue weighted by atomic mass is 10.0. The van der Waals surface area contributed by atoms with Gasteiger partial charge in [-0.2, -0.15) is 0 Å². The van der Waals surface area contributed by atoms with Crippen LogP contribution >= 0.6 is 0 Å². The Morgan fingerprint density at radius 3 is 1.53 bits per heavy atom. The summed E-state index contributed by atoms with van der Waals surface area (Å²) in [4.78, 5) is 11.8. The molecule has 0 radical (unpaired) electrons. The van der Waals surface area contributed by atoms with Crippen molar-refractivity contribution in [1.29, 1.82) is 0 Å². The molecule has 4 nitrogen and oxygen atoms in total. The first-order valence-corrected chi connectivity index (χ1v) is 13.2. The van der Waals surface area contributed by atoms with Crippen molar-refractivity contribution >= 4 is 5.97 Å². The molecule has 4 heteroatoms. The average molecular weight is 429 g/mol. The second-order valence-corrected chi connectivity index (χ2v) is 8.84. The highest BCUT2D eigenvalue weighted by molar-refractivity contribution is 5.69. The van der Waals surface area contributed by atoms with Crippen LogP contribution in [0.1, 0.15) is 118 Å². The van der Waals surface area contributed by atoms with Gasteiger partial charge in [-0.3, -0.25) is 4.79 Å². The second-order valence-electron chi connectivity index (χ2n) is 8.84. The SMILES string of the molecule is CCCCCCCCCCCCCCCC(=O)OCCOCC[N+](CC)(CC)CC. The molecule has 30 heavy (non-hydrogen) atoms. The third-order valence-electron chi connectivity index (χ3n) is 6.70. The average Bonchev–Trinajstić information content (AvgIpc) is 2.77. The van der Waals surface area contributed by atoms with Gasteiger partial charge in [-0.1, -0.05) is 84.0 Å². The molecule has 0 saturated heterocycles. The summed E-state index contributed by atoms with van der Waals surface area (Å²) >= 11 is 0. The van der Waals surface area contributed by atoms with E-state index in [2.05, 4.69) is 27.7 Å². The monoisotopic (exact) mass is 428 g/mol. The minimum absolute atomic E-state index is 0.0672. The van der Waals surface area contributed by atoms with E-state index < -0.39 is 0 Å². The molecule has 0 spiro atoms. The van der Waals surface area contributed by atoms with Crippen LogP contribution in [0.2, 0.25) is 0 Å². The van der Waals surface area contributed by atoms with E-state index in [0.29, 0.717) is 19.6 Å². The van der Waals surface area contributed by atoms with Crippen molar-refractivity contribution in [2.45, 2.75) is 118 Å². The zero-order chi connectivity index (χ0) is 22.3. The Balaban J connectivity index is 3.35. The van der Waals surface area contributed by atoms with E-state index in [1.165, 1.54) is 70.6 Å². The molecule has 0 atom stereocenters. The van der Waals surface area contributed by atoms with E-state index in [4.69, 9.17) is 9.47 Å². The van der Waals surface area contributed by atoms with Crippen molar-refractivity contribution in [2.24, 2.45) is 0 Å². The zero-order valence-electron chi connectivity index (χ0n) is 21.0. The molecule has 0 bridgehead atoms. The molecule has 0 rings (SSSR count). The predicted octanol–water partition coefficient (Wildman–Crippen LogP) is 6.90. The number of hydrogen-bond donors (Lipinski definition) is 0. The predicted molar refractivity (Wildman–Crippen MR) is 129 cm³/mol. The Labute approximate surface area is 188 Å². The largest absolute Gasteiger partial charge is 0.463 e. The molecule has 0 aliphatic heterocycles. The van der Waals surface area contributed by atoms with Crippen LogP contribution in [-0.2, 0) is 14.3 Å². The first-order valence-electron chi connectivity index (χ1n) is 13.2. The number of hydrogen-bond acceptors (Lipinski definition) is 3. The van der Waals surface area contributed by atoms with Gasteiger partial charge < -0.3 is 14.0 Å². The minimum Gasteiger partial charge on any atom is -0.463 e. The Bertz CT molecular complexity index is 361. The Hall–Kier alpha value is -0.610. The van der Waals surface area contributed by atoms with E-state index in [1.807, 2.05) is 0 Å². The number of esters is 1. The van der Waals surface area contributed by atoms with Gasteiger partial charge in [0.25, 0.3) is 0 Å². The van der Waals surface area contributed by atoms with Crippen LogP contribution in [0.3, 0.4) is 0 Å². The molecule has 0 heterocycles. The smallest absolute Gasteiger partial charge is 0.305 e. The molecular weight excluding hydrogens is 374 g/mol. The van der Waals surface area contributed by atoms with Gasteiger partial charge in [0.15, 0.2) is 0 Å². The standard InChI is InChI=1S/C26H54NO3/c1-5-9-10-11-12-13-14-15-16-17-18-19-20-21-26(28)30-25-24-29-23-22-27(6-2,7-3)8-4/h5-25H2,1-4H3/q+1. The lowest BCUT2D eigenvalue weighted by molar-refractivity contribution is -0.923. The number of nitrogens with zero attached hydrogens (tertiary/aromatic N) is 1. The van der Waals surface area contributed by atoms with Gasteiger partial charge in [-0.05, 0) is 27.2 Å². The van der Waals surface area contributed by atoms with Crippen LogP contribution in [0.5, 0.6) is 0 Å². The maximum atomic E-state index is 11.8. The van der Waals surface area contributed by atoms with Gasteiger partial charge >= 0.3 is 5.97 Å². The normalized spacial score (nSPS) is 11.7. The van der Waals surface area contributed by atoms with E-state index in [9.17, 15) is 4.79 Å². The molecule has 0 unspecified atom stereocenters. The van der Waals surface area contributed by atoms with Crippen molar-refractivity contribution in [3.8, 4) is 0 Å². The molecule has 0 saturated carbocycles. The summed E-state index contributed by atoms with van der Waals surface area (Å²) in [6.07, 6.45) is 17.8. The number of likely N-dealkylation sites (N-methyl/N-ethyl adjacent to an activating group) is 1. The van der Waals surface area contributed by atoms with Gasteiger partial charge in [0, 0.05) is 6.42 Å². The molecule has 0 aromatic heterocycles. The summed E-state index contributed by atoms with van der Waals surface area (Å²) in [5, 5.41) is 0. The highest BCUT2D eigenvalue weighted by Crippen LogP contribution is 2.13. The molecule has 0 aromatic rings. The summed E-state index contributed by atoms with van der Waals surface area (Å²) in [5.41, 5.74) is 0. The molecule has 0 aromatic carbocycles. The van der Waals surface area contributed by atoms with Gasteiger partial charge in [0.05, 0.1) is 32.8 Å². The zero-order valence-corrected chi connectivity index (χ0v) is 21.0. The Kier molecular flexibility index (Phi) is 21.2. The molecular formula is C26H54NO3+. The van der Waals surface area contributed by atoms with E-state index in [1.54, 1.807) is 0 Å². The Morgan fingerprint density at radius 1 is 0.600 bits per heavy atom. The van der Waals surface area contributed by atoms with Crippen molar-refractivity contribution in [1.82, 2.24) is 0 Å². The van der Waals surface area contributed by atoms with Crippen molar-refractivity contribution in [3.05, 3.63) is 0 Å². The van der Waals surface area contributed by atoms with Crippen molar-refractivity contribution in [2.75, 3.05) is 46.0 Å². The van der Waals surface area contributed by atoms with Crippen molar-refractivity contribution in [3.63, 3.8) is 0 Å². The maximum Gasteiger partial charge on any atom is 0.305 e. The molecule has 180 valence electrons. The van der Waals surface area contributed by atoms with Crippen LogP contribution in [0, 0.1) is 0 Å². The van der Waals surface area contributed by atoms with Crippen molar-refractivity contribution < 1.29 is 18.8 Å². The lowest BCUT2D eigenvalue weighted by Crippen LogP contribution is -2.49. The number of rotatable bonds is 23. The number of carbonyl (C=O) groups excluding carboxylic acids is 1. The number of quaternary nitrogens is 1. The molecule has 0 fully saturated rings. The summed E-state index contributed by atoms with van der Waals surface area (Å²) < 4.78 is 12.1. The third kappa shape index (κ3) is 17.1. The topological polar surface area (TPSA) is 35.5 Å². The molecule has 0 N–H and O–H groups in total. The highest BCUT2D eigenvalue weighted by Gasteiger charge is 2.19. The lowest BCUT2D eigenvalue weighted by Gasteiger charge is -2.35. The molecule has 0 aliphatic rings. The molecule has 0 amide bonds. The van der Waals surface area contributed by atoms with E-state index in [-0.39, 0.29) is 5.97 Å². The fraction of sp³-hybridized carbons (Fsp3) is 0.962. The fourth-order valence-electron chi connectivity index (χ4n) is 4.08. The third-order valence-corrected chi connectivity index (χ3v) is 6.70. The van der Waals surface area contributed by atoms with Gasteiger partial charge in [0.2, 0.25) is 0 Å². The van der Waals surface area contributed by atoms with Gasteiger partial charge in [0.1, 0.15) is 13.2 Å². The van der Waals surface area contributed by atoms with E-state index in [0.717, 1.165) is 50.1 Å². The maximum absolute atomic E-state index is 11.8. The van der Waals surface area contributed by atoms with Gasteiger partial charge in [-0.25, -0.2) is 0 Å². The summed E-state index contributed by atoms with van der Waals surface area (Å²) in [5.74, 6) is -0.0672. The number of ether oxygens (including phenoxy) is 2. The van der Waals surface area contributed by atoms with Crippen LogP contribution in [-0.4, -0.2) is 56.5 Å². The first-order chi connectivity index (χ1) is 14.6. The van der Waals surface area contributed by atoms with E-state index >= 15 is 0 Å². The van der Waals surface area contributed by atoms with Crippen LogP contribution in [0.4, 0.5) is 0 Å². The van der Waals surface area contributed by atoms with Crippen LogP contribution in [0.15, 0.2) is 0 Å². The number of carbonyl (C=O) groups is 1. The summed E-state index contributed by atoms with van der Waals surface area (Å²) in [7, 11) is 0. The van der Waals surface area contributed by atoms with Crippen LogP contribution in [0.25, 0.3) is 0 Å². The summed E-state index contributed by atoms with van der Waals surface area (Å²) in [6.45, 7) is 15.1.